The minimum atomic E-state index is -0.354. The molecule has 0 spiro atoms. The lowest BCUT2D eigenvalue weighted by atomic mass is 10.2. The third-order valence-electron chi connectivity index (χ3n) is 3.54. The van der Waals surface area contributed by atoms with E-state index in [1.165, 1.54) is 0 Å². The predicted octanol–water partition coefficient (Wildman–Crippen LogP) is 2.77. The van der Waals surface area contributed by atoms with Gasteiger partial charge in [0.1, 0.15) is 5.82 Å². The molecule has 6 nitrogen and oxygen atoms in total. The maximum Gasteiger partial charge on any atom is 0.217 e. The first kappa shape index (κ1) is 18.9. The number of hydrogen-bond acceptors (Lipinski definition) is 4. The Bertz CT molecular complexity index is 802. The molecule has 0 fully saturated rings. The number of nitrogens with two attached hydrogens (primary N) is 1. The van der Waals surface area contributed by atoms with Gasteiger partial charge >= 0.3 is 0 Å². The largest absolute Gasteiger partial charge is 0.370 e. The molecule has 0 saturated heterocycles. The van der Waals surface area contributed by atoms with Gasteiger partial charge in [0, 0.05) is 26.4 Å². The zero-order chi connectivity index (χ0) is 17.9. The van der Waals surface area contributed by atoms with Crippen molar-refractivity contribution >= 4 is 41.3 Å². The predicted molar refractivity (Wildman–Crippen MR) is 97.5 cm³/mol. The van der Waals surface area contributed by atoms with Crippen LogP contribution in [0.5, 0.6) is 0 Å². The summed E-state index contributed by atoms with van der Waals surface area (Å²) >= 11 is 17.4. The smallest absolute Gasteiger partial charge is 0.217 e. The van der Waals surface area contributed by atoms with Crippen LogP contribution in [-0.2, 0) is 31.5 Å². The first-order chi connectivity index (χ1) is 11.3. The fourth-order valence-electron chi connectivity index (χ4n) is 2.31. The van der Waals surface area contributed by atoms with Crippen LogP contribution in [0.25, 0.3) is 0 Å². The molecule has 0 bridgehead atoms. The Morgan fingerprint density at radius 3 is 2.71 bits per heavy atom. The Morgan fingerprint density at radius 1 is 1.38 bits per heavy atom. The Labute approximate surface area is 155 Å². The average molecular weight is 388 g/mol. The summed E-state index contributed by atoms with van der Waals surface area (Å²) < 4.78 is 4.12. The first-order valence-corrected chi connectivity index (χ1v) is 8.48. The summed E-state index contributed by atoms with van der Waals surface area (Å²) in [4.78, 5) is 13.0. The molecule has 0 aliphatic rings. The number of carbonyl (C=O) groups excluding carboxylic acids is 1. The van der Waals surface area contributed by atoms with E-state index in [1.54, 1.807) is 15.3 Å². The van der Waals surface area contributed by atoms with Crippen molar-refractivity contribution in [1.82, 2.24) is 19.2 Å². The molecule has 0 unspecified atom stereocenters. The fraction of sp³-hybridized carbons (Fsp3) is 0.400. The molecule has 9 heteroatoms. The number of rotatable bonds is 7. The van der Waals surface area contributed by atoms with Gasteiger partial charge in [0.25, 0.3) is 0 Å². The maximum absolute atomic E-state index is 10.9. The molecule has 0 aliphatic heterocycles. The Morgan fingerprint density at radius 2 is 2.08 bits per heavy atom. The molecule has 0 radical (unpaired) electrons. The van der Waals surface area contributed by atoms with Crippen molar-refractivity contribution in [3.63, 3.8) is 0 Å². The van der Waals surface area contributed by atoms with Crippen molar-refractivity contribution in [2.75, 3.05) is 7.05 Å². The SMILES string of the molecule is CN(Cc1ccc(Cl)c(Cl)c1)Cn1nc(CCC(N)=O)n(C)c1=S. The number of aromatic nitrogens is 3. The Kier molecular flexibility index (Phi) is 6.40. The van der Waals surface area contributed by atoms with Crippen LogP contribution in [0.1, 0.15) is 17.8 Å². The van der Waals surface area contributed by atoms with Crippen LogP contribution in [0.4, 0.5) is 0 Å². The highest BCUT2D eigenvalue weighted by molar-refractivity contribution is 7.71. The van der Waals surface area contributed by atoms with E-state index in [4.69, 9.17) is 41.2 Å². The van der Waals surface area contributed by atoms with Gasteiger partial charge < -0.3 is 10.3 Å². The van der Waals surface area contributed by atoms with Gasteiger partial charge in [-0.25, -0.2) is 4.68 Å². The minimum absolute atomic E-state index is 0.249. The number of benzene rings is 1. The zero-order valence-electron chi connectivity index (χ0n) is 13.5. The third-order valence-corrected chi connectivity index (χ3v) is 4.76. The Hall–Kier alpha value is -1.41. The molecule has 2 aromatic rings. The minimum Gasteiger partial charge on any atom is -0.370 e. The Balaban J connectivity index is 2.06. The third kappa shape index (κ3) is 4.80. The van der Waals surface area contributed by atoms with Crippen LogP contribution in [0, 0.1) is 4.77 Å². The molecule has 2 N–H and O–H groups in total. The molecular formula is C15H19Cl2N5OS. The molecule has 2 rings (SSSR count). The molecule has 1 amide bonds. The standard InChI is InChI=1S/C15H19Cl2N5OS/c1-20(8-10-3-4-11(16)12(17)7-10)9-22-15(24)21(2)14(19-22)6-5-13(18)23/h3-4,7H,5-6,8-9H2,1-2H3,(H2,18,23). The van der Waals surface area contributed by atoms with Gasteiger partial charge in [-0.2, -0.15) is 5.10 Å². The summed E-state index contributed by atoms with van der Waals surface area (Å²) in [6, 6.07) is 5.55. The van der Waals surface area contributed by atoms with E-state index in [9.17, 15) is 4.79 Å². The van der Waals surface area contributed by atoms with Crippen LogP contribution in [0.3, 0.4) is 0 Å². The monoisotopic (exact) mass is 387 g/mol. The van der Waals surface area contributed by atoms with Gasteiger partial charge in [0.2, 0.25) is 5.91 Å². The van der Waals surface area contributed by atoms with Gasteiger partial charge in [-0.05, 0) is 37.0 Å². The summed E-state index contributed by atoms with van der Waals surface area (Å²) in [7, 11) is 3.79. The van der Waals surface area contributed by atoms with Crippen molar-refractivity contribution in [3.8, 4) is 0 Å². The van der Waals surface area contributed by atoms with Crippen molar-refractivity contribution in [2.24, 2.45) is 12.8 Å². The van der Waals surface area contributed by atoms with Crippen molar-refractivity contribution < 1.29 is 4.79 Å². The lowest BCUT2D eigenvalue weighted by Gasteiger charge is -2.16. The molecule has 130 valence electrons. The summed E-state index contributed by atoms with van der Waals surface area (Å²) in [5, 5.41) is 5.54. The summed E-state index contributed by atoms with van der Waals surface area (Å²) in [6.45, 7) is 1.19. The molecule has 1 aromatic carbocycles. The van der Waals surface area contributed by atoms with E-state index in [0.717, 1.165) is 11.4 Å². The highest BCUT2D eigenvalue weighted by Gasteiger charge is 2.11. The van der Waals surface area contributed by atoms with E-state index in [2.05, 4.69) is 10.00 Å². The van der Waals surface area contributed by atoms with Crippen molar-refractivity contribution in [1.29, 1.82) is 0 Å². The normalized spacial score (nSPS) is 11.2. The van der Waals surface area contributed by atoms with Gasteiger partial charge in [0.05, 0.1) is 16.7 Å². The van der Waals surface area contributed by atoms with Gasteiger partial charge in [-0.15, -0.1) is 0 Å². The second kappa shape index (κ2) is 8.11. The number of aryl methyl sites for hydroxylation is 1. The highest BCUT2D eigenvalue weighted by Crippen LogP contribution is 2.23. The van der Waals surface area contributed by atoms with E-state index in [-0.39, 0.29) is 12.3 Å². The van der Waals surface area contributed by atoms with E-state index >= 15 is 0 Å². The van der Waals surface area contributed by atoms with Crippen LogP contribution in [0.15, 0.2) is 18.2 Å². The van der Waals surface area contributed by atoms with Crippen LogP contribution >= 0.6 is 35.4 Å². The first-order valence-electron chi connectivity index (χ1n) is 7.31. The molecule has 24 heavy (non-hydrogen) atoms. The maximum atomic E-state index is 10.9. The molecular weight excluding hydrogens is 369 g/mol. The van der Waals surface area contributed by atoms with Crippen molar-refractivity contribution in [3.05, 3.63) is 44.4 Å². The molecule has 0 aliphatic carbocycles. The number of nitrogens with zero attached hydrogens (tertiary/aromatic N) is 4. The topological polar surface area (TPSA) is 69.1 Å². The molecule has 0 atom stereocenters. The second-order valence-electron chi connectivity index (χ2n) is 5.63. The number of carbonyl (C=O) groups is 1. The zero-order valence-corrected chi connectivity index (χ0v) is 15.8. The number of hydrogen-bond donors (Lipinski definition) is 1. The van der Waals surface area contributed by atoms with E-state index in [1.807, 2.05) is 26.2 Å². The lowest BCUT2D eigenvalue weighted by molar-refractivity contribution is -0.118. The fourth-order valence-corrected chi connectivity index (χ4v) is 2.83. The quantitative estimate of drug-likeness (QED) is 0.741. The molecule has 1 heterocycles. The van der Waals surface area contributed by atoms with E-state index < -0.39 is 0 Å². The number of halogens is 2. The summed E-state index contributed by atoms with van der Waals surface area (Å²) in [6.07, 6.45) is 0.720. The van der Waals surface area contributed by atoms with Crippen LogP contribution in [0.2, 0.25) is 10.0 Å². The second-order valence-corrected chi connectivity index (χ2v) is 6.81. The van der Waals surface area contributed by atoms with Gasteiger partial charge in [-0.1, -0.05) is 29.3 Å². The average Bonchev–Trinajstić information content (AvgIpc) is 2.77. The number of primary amides is 1. The lowest BCUT2D eigenvalue weighted by Crippen LogP contribution is -2.22. The molecule has 0 saturated carbocycles. The van der Waals surface area contributed by atoms with Gasteiger partial charge in [-0.3, -0.25) is 9.69 Å². The highest BCUT2D eigenvalue weighted by atomic mass is 35.5. The number of amides is 1. The van der Waals surface area contributed by atoms with E-state index in [0.29, 0.717) is 34.5 Å². The van der Waals surface area contributed by atoms with Crippen LogP contribution in [-0.4, -0.2) is 32.2 Å². The summed E-state index contributed by atoms with van der Waals surface area (Å²) in [5.74, 6) is 0.383. The van der Waals surface area contributed by atoms with Crippen LogP contribution < -0.4 is 5.73 Å². The molecule has 1 aromatic heterocycles. The van der Waals surface area contributed by atoms with Crippen molar-refractivity contribution in [2.45, 2.75) is 26.1 Å². The van der Waals surface area contributed by atoms with Gasteiger partial charge in [0.15, 0.2) is 4.77 Å². The summed E-state index contributed by atoms with van der Waals surface area (Å²) in [5.41, 5.74) is 6.23.